The Bertz CT molecular complexity index is 816. The average Bonchev–Trinajstić information content (AvgIpc) is 3.23. The number of nitrogens with one attached hydrogen (secondary N) is 1. The Kier molecular flexibility index (Phi) is 3.38. The standard InChI is InChI=1S/C17H19N5O/c18-17-20-15-12(8-9-19-15)16(21-17)22-10-4-7-13(22)14(23)11-5-2-1-3-6-11/h1-3,5-6,8-9,13-14,23H,4,7,10H2,(H3,18,19,20,21)/t13-,14+/m0/s1. The van der Waals surface area contributed by atoms with Crippen LogP contribution in [0.2, 0.25) is 0 Å². The molecule has 23 heavy (non-hydrogen) atoms. The van der Waals surface area contributed by atoms with Gasteiger partial charge in [-0.25, -0.2) is 0 Å². The molecule has 1 aliphatic rings. The van der Waals surface area contributed by atoms with Crippen molar-refractivity contribution in [1.82, 2.24) is 15.0 Å². The van der Waals surface area contributed by atoms with Crippen molar-refractivity contribution in [3.63, 3.8) is 0 Å². The normalized spacial score (nSPS) is 19.3. The van der Waals surface area contributed by atoms with Crippen molar-refractivity contribution >= 4 is 22.8 Å². The van der Waals surface area contributed by atoms with E-state index >= 15 is 0 Å². The second-order valence-corrected chi connectivity index (χ2v) is 5.90. The zero-order valence-electron chi connectivity index (χ0n) is 12.7. The number of nitrogens with zero attached hydrogens (tertiary/aromatic N) is 3. The van der Waals surface area contributed by atoms with Crippen LogP contribution in [0.3, 0.4) is 0 Å². The smallest absolute Gasteiger partial charge is 0.223 e. The minimum Gasteiger partial charge on any atom is -0.386 e. The van der Waals surface area contributed by atoms with E-state index in [-0.39, 0.29) is 12.0 Å². The van der Waals surface area contributed by atoms with Gasteiger partial charge in [-0.1, -0.05) is 30.3 Å². The van der Waals surface area contributed by atoms with Crippen molar-refractivity contribution < 1.29 is 5.11 Å². The lowest BCUT2D eigenvalue weighted by Gasteiger charge is -2.30. The molecule has 118 valence electrons. The van der Waals surface area contributed by atoms with E-state index in [4.69, 9.17) is 5.73 Å². The molecular weight excluding hydrogens is 290 g/mol. The summed E-state index contributed by atoms with van der Waals surface area (Å²) in [6, 6.07) is 11.7. The highest BCUT2D eigenvalue weighted by atomic mass is 16.3. The van der Waals surface area contributed by atoms with Crippen LogP contribution in [0.25, 0.3) is 11.0 Å². The van der Waals surface area contributed by atoms with Crippen LogP contribution < -0.4 is 10.6 Å². The summed E-state index contributed by atoms with van der Waals surface area (Å²) in [7, 11) is 0. The van der Waals surface area contributed by atoms with Gasteiger partial charge in [-0.2, -0.15) is 9.97 Å². The minimum atomic E-state index is -0.552. The van der Waals surface area contributed by atoms with E-state index in [1.54, 1.807) is 0 Å². The Hall–Kier alpha value is -2.60. The van der Waals surface area contributed by atoms with Crippen LogP contribution in [0.1, 0.15) is 24.5 Å². The molecule has 0 aliphatic carbocycles. The molecule has 1 fully saturated rings. The van der Waals surface area contributed by atoms with Crippen LogP contribution in [0.15, 0.2) is 42.6 Å². The number of aromatic nitrogens is 3. The zero-order valence-corrected chi connectivity index (χ0v) is 12.7. The summed E-state index contributed by atoms with van der Waals surface area (Å²) in [5, 5.41) is 11.8. The molecule has 4 N–H and O–H groups in total. The van der Waals surface area contributed by atoms with Gasteiger partial charge in [0.1, 0.15) is 11.5 Å². The number of nitrogen functional groups attached to an aromatic ring is 1. The van der Waals surface area contributed by atoms with Crippen molar-refractivity contribution in [3.05, 3.63) is 48.2 Å². The third-order valence-electron chi connectivity index (χ3n) is 4.49. The number of fused-ring (bicyclic) bond motifs is 1. The molecule has 0 bridgehead atoms. The van der Waals surface area contributed by atoms with E-state index in [1.165, 1.54) is 0 Å². The molecule has 3 aromatic rings. The van der Waals surface area contributed by atoms with Crippen LogP contribution >= 0.6 is 0 Å². The van der Waals surface area contributed by atoms with E-state index < -0.39 is 6.10 Å². The monoisotopic (exact) mass is 309 g/mol. The number of H-pyrrole nitrogens is 1. The van der Waals surface area contributed by atoms with E-state index in [1.807, 2.05) is 42.6 Å². The first kappa shape index (κ1) is 14.0. The molecule has 1 aliphatic heterocycles. The molecule has 1 saturated heterocycles. The first-order chi connectivity index (χ1) is 11.2. The summed E-state index contributed by atoms with van der Waals surface area (Å²) in [6.07, 6.45) is 3.22. The maximum Gasteiger partial charge on any atom is 0.223 e. The number of hydrogen-bond acceptors (Lipinski definition) is 5. The molecule has 3 heterocycles. The number of aliphatic hydroxyl groups excluding tert-OH is 1. The van der Waals surface area contributed by atoms with Gasteiger partial charge in [-0.3, -0.25) is 0 Å². The first-order valence-electron chi connectivity index (χ1n) is 7.84. The van der Waals surface area contributed by atoms with Gasteiger partial charge in [0.15, 0.2) is 0 Å². The first-order valence-corrected chi connectivity index (χ1v) is 7.84. The van der Waals surface area contributed by atoms with Crippen LogP contribution in [0, 0.1) is 0 Å². The minimum absolute atomic E-state index is 0.00944. The SMILES string of the molecule is Nc1nc(N2CCC[C@H]2[C@H](O)c2ccccc2)c2cc[nH]c2n1. The Morgan fingerprint density at radius 3 is 2.87 bits per heavy atom. The largest absolute Gasteiger partial charge is 0.386 e. The zero-order chi connectivity index (χ0) is 15.8. The number of rotatable bonds is 3. The summed E-state index contributed by atoms with van der Waals surface area (Å²) in [4.78, 5) is 13.9. The molecule has 0 saturated carbocycles. The van der Waals surface area contributed by atoms with Crippen LogP contribution in [0.5, 0.6) is 0 Å². The Balaban J connectivity index is 1.74. The molecule has 2 atom stereocenters. The average molecular weight is 309 g/mol. The molecular formula is C17H19N5O. The van der Waals surface area contributed by atoms with Crippen molar-refractivity contribution in [3.8, 4) is 0 Å². The van der Waals surface area contributed by atoms with Gasteiger partial charge in [0, 0.05) is 12.7 Å². The predicted octanol–water partition coefficient (Wildman–Crippen LogP) is 2.24. The fraction of sp³-hybridized carbons (Fsp3) is 0.294. The number of aromatic amines is 1. The summed E-state index contributed by atoms with van der Waals surface area (Å²) < 4.78 is 0. The van der Waals surface area contributed by atoms with Crippen molar-refractivity contribution in [2.75, 3.05) is 17.2 Å². The maximum atomic E-state index is 10.8. The molecule has 1 aromatic carbocycles. The topological polar surface area (TPSA) is 91.1 Å². The van der Waals surface area contributed by atoms with Gasteiger partial charge >= 0.3 is 0 Å². The maximum absolute atomic E-state index is 10.8. The van der Waals surface area contributed by atoms with Crippen molar-refractivity contribution in [1.29, 1.82) is 0 Å². The van der Waals surface area contributed by atoms with Gasteiger partial charge in [0.25, 0.3) is 0 Å². The molecule has 0 radical (unpaired) electrons. The third kappa shape index (κ3) is 2.41. The summed E-state index contributed by atoms with van der Waals surface area (Å²) in [5.74, 6) is 1.04. The lowest BCUT2D eigenvalue weighted by atomic mass is 10.0. The summed E-state index contributed by atoms with van der Waals surface area (Å²) in [6.45, 7) is 0.852. The molecule has 0 spiro atoms. The molecule has 6 nitrogen and oxygen atoms in total. The van der Waals surface area contributed by atoms with Gasteiger partial charge in [-0.15, -0.1) is 0 Å². The number of nitrogens with two attached hydrogens (primary N) is 1. The summed E-state index contributed by atoms with van der Waals surface area (Å²) >= 11 is 0. The lowest BCUT2D eigenvalue weighted by molar-refractivity contribution is 0.147. The van der Waals surface area contributed by atoms with Gasteiger partial charge in [-0.05, 0) is 24.5 Å². The van der Waals surface area contributed by atoms with Gasteiger partial charge in [0.05, 0.1) is 17.5 Å². The highest BCUT2D eigenvalue weighted by molar-refractivity contribution is 5.88. The third-order valence-corrected chi connectivity index (χ3v) is 4.49. The van der Waals surface area contributed by atoms with E-state index in [0.29, 0.717) is 0 Å². The van der Waals surface area contributed by atoms with Gasteiger partial charge in [0.2, 0.25) is 5.95 Å². The highest BCUT2D eigenvalue weighted by Gasteiger charge is 2.33. The van der Waals surface area contributed by atoms with Crippen molar-refractivity contribution in [2.45, 2.75) is 25.0 Å². The molecule has 6 heteroatoms. The predicted molar refractivity (Wildman–Crippen MR) is 90.1 cm³/mol. The Morgan fingerprint density at radius 1 is 1.22 bits per heavy atom. The van der Waals surface area contributed by atoms with Crippen LogP contribution in [0.4, 0.5) is 11.8 Å². The van der Waals surface area contributed by atoms with E-state index in [0.717, 1.165) is 41.8 Å². The highest BCUT2D eigenvalue weighted by Crippen LogP contribution is 2.35. The number of anilines is 2. The quantitative estimate of drug-likeness (QED) is 0.690. The molecule has 0 amide bonds. The number of benzene rings is 1. The van der Waals surface area contributed by atoms with Gasteiger partial charge < -0.3 is 20.7 Å². The second kappa shape index (κ2) is 5.55. The fourth-order valence-electron chi connectivity index (χ4n) is 3.42. The Morgan fingerprint density at radius 2 is 2.04 bits per heavy atom. The Labute approximate surface area is 134 Å². The second-order valence-electron chi connectivity index (χ2n) is 5.90. The van der Waals surface area contributed by atoms with Crippen molar-refractivity contribution in [2.24, 2.45) is 0 Å². The lowest BCUT2D eigenvalue weighted by Crippen LogP contribution is -2.35. The fourth-order valence-corrected chi connectivity index (χ4v) is 3.42. The van der Waals surface area contributed by atoms with Crippen LogP contribution in [-0.2, 0) is 0 Å². The van der Waals surface area contributed by atoms with E-state index in [2.05, 4.69) is 19.9 Å². The number of aliphatic hydroxyl groups is 1. The number of hydrogen-bond donors (Lipinski definition) is 3. The van der Waals surface area contributed by atoms with Crippen LogP contribution in [-0.4, -0.2) is 32.6 Å². The molecule has 0 unspecified atom stereocenters. The molecule has 2 aromatic heterocycles. The summed E-state index contributed by atoms with van der Waals surface area (Å²) in [5.41, 5.74) is 7.51. The van der Waals surface area contributed by atoms with E-state index in [9.17, 15) is 5.11 Å². The molecule has 4 rings (SSSR count).